The Kier molecular flexibility index (Phi) is 3.44. The number of aromatic nitrogens is 1. The van der Waals surface area contributed by atoms with Gasteiger partial charge in [-0.25, -0.2) is 5.43 Å². The summed E-state index contributed by atoms with van der Waals surface area (Å²) < 4.78 is 5.84. The summed E-state index contributed by atoms with van der Waals surface area (Å²) in [5.41, 5.74) is 5.45. The van der Waals surface area contributed by atoms with Crippen LogP contribution in [0.2, 0.25) is 5.02 Å². The molecule has 0 radical (unpaired) electrons. The van der Waals surface area contributed by atoms with E-state index in [1.165, 1.54) is 0 Å². The van der Waals surface area contributed by atoms with E-state index < -0.39 is 0 Å². The topological polar surface area (TPSA) is 64.1 Å². The van der Waals surface area contributed by atoms with Crippen molar-refractivity contribution in [2.24, 2.45) is 5.84 Å². The van der Waals surface area contributed by atoms with Crippen molar-refractivity contribution in [2.75, 3.05) is 0 Å². The van der Waals surface area contributed by atoms with Crippen molar-refractivity contribution in [3.8, 4) is 0 Å². The van der Waals surface area contributed by atoms with Crippen LogP contribution < -0.4 is 11.3 Å². The fraction of sp³-hybridized carbons (Fsp3) is 0.133. The Morgan fingerprint density at radius 1 is 1.30 bits per heavy atom. The van der Waals surface area contributed by atoms with E-state index in [0.717, 1.165) is 16.5 Å². The first-order valence-corrected chi connectivity index (χ1v) is 6.62. The molecule has 1 unspecified atom stereocenters. The molecule has 4 nitrogen and oxygen atoms in total. The van der Waals surface area contributed by atoms with Crippen molar-refractivity contribution in [1.82, 2.24) is 10.4 Å². The van der Waals surface area contributed by atoms with Gasteiger partial charge in [-0.15, -0.1) is 0 Å². The Balaban J connectivity index is 2.09. The zero-order valence-electron chi connectivity index (χ0n) is 10.9. The van der Waals surface area contributed by atoms with Crippen LogP contribution >= 0.6 is 11.6 Å². The molecule has 0 spiro atoms. The van der Waals surface area contributed by atoms with Crippen molar-refractivity contribution in [2.45, 2.75) is 13.0 Å². The monoisotopic (exact) mass is 287 g/mol. The van der Waals surface area contributed by atoms with Crippen LogP contribution in [0.3, 0.4) is 0 Å². The molecule has 3 rings (SSSR count). The summed E-state index contributed by atoms with van der Waals surface area (Å²) in [6, 6.07) is 9.35. The lowest BCUT2D eigenvalue weighted by Crippen LogP contribution is -2.28. The van der Waals surface area contributed by atoms with E-state index in [0.29, 0.717) is 16.4 Å². The van der Waals surface area contributed by atoms with Gasteiger partial charge >= 0.3 is 0 Å². The highest BCUT2D eigenvalue weighted by Crippen LogP contribution is 2.31. The minimum absolute atomic E-state index is 0.258. The van der Waals surface area contributed by atoms with E-state index >= 15 is 0 Å². The second-order valence-corrected chi connectivity index (χ2v) is 5.11. The average molecular weight is 288 g/mol. The summed E-state index contributed by atoms with van der Waals surface area (Å²) in [5, 5.41) is 1.54. The average Bonchev–Trinajstić information content (AvgIpc) is 2.85. The van der Waals surface area contributed by atoms with Gasteiger partial charge in [0.05, 0.1) is 5.02 Å². The van der Waals surface area contributed by atoms with Crippen LogP contribution in [0.5, 0.6) is 0 Å². The SMILES string of the molecule is Cc1cncc(C(NN)c2cc3cccc(Cl)c3o2)c1. The summed E-state index contributed by atoms with van der Waals surface area (Å²) >= 11 is 6.13. The largest absolute Gasteiger partial charge is 0.457 e. The molecule has 0 amide bonds. The minimum atomic E-state index is -0.258. The molecule has 2 aromatic heterocycles. The lowest BCUT2D eigenvalue weighted by molar-refractivity contribution is 0.476. The molecule has 20 heavy (non-hydrogen) atoms. The van der Waals surface area contributed by atoms with Crippen molar-refractivity contribution >= 4 is 22.6 Å². The van der Waals surface area contributed by atoms with Crippen LogP contribution in [-0.2, 0) is 0 Å². The van der Waals surface area contributed by atoms with Gasteiger partial charge in [0.2, 0.25) is 0 Å². The highest BCUT2D eigenvalue weighted by Gasteiger charge is 2.18. The fourth-order valence-corrected chi connectivity index (χ4v) is 2.49. The van der Waals surface area contributed by atoms with E-state index in [2.05, 4.69) is 10.4 Å². The first kappa shape index (κ1) is 13.1. The molecule has 0 saturated carbocycles. The van der Waals surface area contributed by atoms with Gasteiger partial charge in [0, 0.05) is 17.8 Å². The number of nitrogens with zero attached hydrogens (tertiary/aromatic N) is 1. The molecule has 3 N–H and O–H groups in total. The van der Waals surface area contributed by atoms with Crippen molar-refractivity contribution in [3.63, 3.8) is 0 Å². The first-order valence-electron chi connectivity index (χ1n) is 6.24. The molecule has 0 fully saturated rings. The molecular weight excluding hydrogens is 274 g/mol. The molecule has 1 aromatic carbocycles. The fourth-order valence-electron chi connectivity index (χ4n) is 2.27. The summed E-state index contributed by atoms with van der Waals surface area (Å²) in [5.74, 6) is 6.39. The lowest BCUT2D eigenvalue weighted by atomic mass is 10.1. The Bertz CT molecular complexity index is 754. The quantitative estimate of drug-likeness (QED) is 0.573. The van der Waals surface area contributed by atoms with Crippen molar-refractivity contribution in [1.29, 1.82) is 0 Å². The van der Waals surface area contributed by atoms with E-state index in [1.54, 1.807) is 18.5 Å². The molecule has 102 valence electrons. The number of hydrazine groups is 1. The number of rotatable bonds is 3. The van der Waals surface area contributed by atoms with E-state index in [4.69, 9.17) is 21.9 Å². The summed E-state index contributed by atoms with van der Waals surface area (Å²) in [6.07, 6.45) is 3.57. The maximum atomic E-state index is 6.13. The van der Waals surface area contributed by atoms with E-state index in [-0.39, 0.29) is 6.04 Å². The van der Waals surface area contributed by atoms with Crippen molar-refractivity contribution in [3.05, 3.63) is 64.6 Å². The lowest BCUT2D eigenvalue weighted by Gasteiger charge is -2.13. The normalized spacial score (nSPS) is 12.8. The van der Waals surface area contributed by atoms with Crippen LogP contribution in [0.25, 0.3) is 11.0 Å². The second kappa shape index (κ2) is 5.25. The smallest absolute Gasteiger partial charge is 0.152 e. The number of pyridine rings is 1. The van der Waals surface area contributed by atoms with Crippen LogP contribution in [0.1, 0.15) is 22.9 Å². The number of aryl methyl sites for hydroxylation is 1. The van der Waals surface area contributed by atoms with Crippen LogP contribution in [-0.4, -0.2) is 4.98 Å². The van der Waals surface area contributed by atoms with Gasteiger partial charge in [0.25, 0.3) is 0 Å². The Hall–Kier alpha value is -1.88. The van der Waals surface area contributed by atoms with E-state index in [1.807, 2.05) is 31.2 Å². The standard InChI is InChI=1S/C15H14ClN3O/c1-9-5-11(8-18-7-9)14(19-17)13-6-10-3-2-4-12(16)15(10)20-13/h2-8,14,19H,17H2,1H3. The maximum Gasteiger partial charge on any atom is 0.152 e. The van der Waals surface area contributed by atoms with Crippen LogP contribution in [0.4, 0.5) is 0 Å². The number of para-hydroxylation sites is 1. The van der Waals surface area contributed by atoms with Gasteiger partial charge in [0.1, 0.15) is 11.8 Å². The molecule has 0 saturated heterocycles. The van der Waals surface area contributed by atoms with Gasteiger partial charge in [-0.2, -0.15) is 0 Å². The van der Waals surface area contributed by atoms with Gasteiger partial charge in [-0.1, -0.05) is 29.8 Å². The number of halogens is 1. The van der Waals surface area contributed by atoms with Gasteiger partial charge in [-0.3, -0.25) is 10.8 Å². The van der Waals surface area contributed by atoms with E-state index in [9.17, 15) is 0 Å². The number of nitrogens with two attached hydrogens (primary N) is 1. The maximum absolute atomic E-state index is 6.13. The molecule has 3 aromatic rings. The molecule has 5 heteroatoms. The highest BCUT2D eigenvalue weighted by molar-refractivity contribution is 6.34. The minimum Gasteiger partial charge on any atom is -0.457 e. The zero-order chi connectivity index (χ0) is 14.1. The highest BCUT2D eigenvalue weighted by atomic mass is 35.5. The molecule has 0 aliphatic rings. The summed E-state index contributed by atoms with van der Waals surface area (Å²) in [4.78, 5) is 4.19. The number of nitrogens with one attached hydrogen (secondary N) is 1. The van der Waals surface area contributed by atoms with Crippen LogP contribution in [0.15, 0.2) is 47.1 Å². The van der Waals surface area contributed by atoms with Gasteiger partial charge in [0.15, 0.2) is 5.58 Å². The third-order valence-electron chi connectivity index (χ3n) is 3.20. The third kappa shape index (κ3) is 2.29. The predicted molar refractivity (Wildman–Crippen MR) is 79.4 cm³/mol. The van der Waals surface area contributed by atoms with Crippen LogP contribution in [0, 0.1) is 6.92 Å². The van der Waals surface area contributed by atoms with Crippen molar-refractivity contribution < 1.29 is 4.42 Å². The first-order chi connectivity index (χ1) is 9.69. The second-order valence-electron chi connectivity index (χ2n) is 4.70. The zero-order valence-corrected chi connectivity index (χ0v) is 11.7. The predicted octanol–water partition coefficient (Wildman–Crippen LogP) is 3.34. The molecular formula is C15H14ClN3O. The summed E-state index contributed by atoms with van der Waals surface area (Å²) in [6.45, 7) is 1.99. The number of fused-ring (bicyclic) bond motifs is 1. The Morgan fingerprint density at radius 2 is 2.15 bits per heavy atom. The number of benzene rings is 1. The molecule has 1 atom stereocenters. The molecule has 0 aliphatic carbocycles. The number of hydrogen-bond acceptors (Lipinski definition) is 4. The van der Waals surface area contributed by atoms with Gasteiger partial charge < -0.3 is 4.42 Å². The third-order valence-corrected chi connectivity index (χ3v) is 3.49. The number of furan rings is 1. The van der Waals surface area contributed by atoms with Gasteiger partial charge in [-0.05, 0) is 30.2 Å². The number of hydrogen-bond donors (Lipinski definition) is 2. The Labute approximate surface area is 121 Å². The molecule has 2 heterocycles. The Morgan fingerprint density at radius 3 is 2.85 bits per heavy atom. The summed E-state index contributed by atoms with van der Waals surface area (Å²) in [7, 11) is 0. The molecule has 0 bridgehead atoms. The molecule has 0 aliphatic heterocycles.